The molecular weight excluding hydrogens is 324 g/mol. The molecule has 0 bridgehead atoms. The minimum Gasteiger partial charge on any atom is -0.462 e. The molecule has 2 aromatic heterocycles. The zero-order valence-corrected chi connectivity index (χ0v) is 14.6. The smallest absolute Gasteiger partial charge is 0.338 e. The molecule has 1 aromatic carbocycles. The second kappa shape index (κ2) is 6.57. The summed E-state index contributed by atoms with van der Waals surface area (Å²) in [6.45, 7) is 6.03. The van der Waals surface area contributed by atoms with Crippen molar-refractivity contribution >= 4 is 27.5 Å². The van der Waals surface area contributed by atoms with Gasteiger partial charge in [-0.15, -0.1) is 11.3 Å². The fourth-order valence-electron chi connectivity index (χ4n) is 2.59. The van der Waals surface area contributed by atoms with E-state index >= 15 is 0 Å². The van der Waals surface area contributed by atoms with E-state index in [9.17, 15) is 9.59 Å². The lowest BCUT2D eigenvalue weighted by atomic mass is 10.2. The summed E-state index contributed by atoms with van der Waals surface area (Å²) in [6, 6.07) is 6.84. The van der Waals surface area contributed by atoms with Gasteiger partial charge >= 0.3 is 5.97 Å². The monoisotopic (exact) mass is 342 g/mol. The molecule has 0 radical (unpaired) electrons. The van der Waals surface area contributed by atoms with Gasteiger partial charge in [0.05, 0.1) is 23.4 Å². The molecule has 3 aromatic rings. The number of rotatable bonds is 4. The topological polar surface area (TPSA) is 61.2 Å². The zero-order chi connectivity index (χ0) is 17.3. The van der Waals surface area contributed by atoms with Gasteiger partial charge in [-0.1, -0.05) is 6.92 Å². The van der Waals surface area contributed by atoms with Crippen LogP contribution in [-0.2, 0) is 11.2 Å². The molecule has 24 heavy (non-hydrogen) atoms. The van der Waals surface area contributed by atoms with Crippen molar-refractivity contribution in [1.29, 1.82) is 0 Å². The first-order valence-corrected chi connectivity index (χ1v) is 8.72. The molecule has 0 saturated heterocycles. The molecule has 3 rings (SSSR count). The average molecular weight is 342 g/mol. The van der Waals surface area contributed by atoms with Crippen LogP contribution in [0.25, 0.3) is 15.9 Å². The van der Waals surface area contributed by atoms with Gasteiger partial charge in [-0.2, -0.15) is 0 Å². The molecule has 0 unspecified atom stereocenters. The summed E-state index contributed by atoms with van der Waals surface area (Å²) in [4.78, 5) is 29.3. The summed E-state index contributed by atoms with van der Waals surface area (Å²) in [5.41, 5.74) is 2.89. The number of esters is 1. The molecule has 0 aliphatic heterocycles. The van der Waals surface area contributed by atoms with Gasteiger partial charge in [0.15, 0.2) is 0 Å². The Hall–Kier alpha value is -2.47. The summed E-state index contributed by atoms with van der Waals surface area (Å²) >= 11 is 1.41. The predicted molar refractivity (Wildman–Crippen MR) is 95.3 cm³/mol. The number of nitrogens with zero attached hydrogens (tertiary/aromatic N) is 2. The second-order valence-corrected chi connectivity index (χ2v) is 6.27. The number of fused-ring (bicyclic) bond motifs is 1. The number of hydrogen-bond donors (Lipinski definition) is 0. The molecular formula is C18H18N2O3S. The number of carbonyl (C=O) groups excluding carboxylic acids is 1. The Morgan fingerprint density at radius 2 is 1.96 bits per heavy atom. The van der Waals surface area contributed by atoms with Crippen LogP contribution in [0.3, 0.4) is 0 Å². The van der Waals surface area contributed by atoms with Crippen LogP contribution in [0.4, 0.5) is 0 Å². The number of ether oxygens (including phenoxy) is 1. The van der Waals surface area contributed by atoms with Crippen molar-refractivity contribution in [2.45, 2.75) is 27.2 Å². The number of thiophene rings is 1. The van der Waals surface area contributed by atoms with Crippen molar-refractivity contribution in [3.05, 3.63) is 57.0 Å². The van der Waals surface area contributed by atoms with E-state index in [0.717, 1.165) is 11.1 Å². The maximum absolute atomic E-state index is 12.9. The first-order valence-electron chi connectivity index (χ1n) is 7.84. The van der Waals surface area contributed by atoms with Crippen LogP contribution in [0.2, 0.25) is 0 Å². The molecule has 0 atom stereocenters. The summed E-state index contributed by atoms with van der Waals surface area (Å²) in [6.07, 6.45) is 0.639. The van der Waals surface area contributed by atoms with Crippen molar-refractivity contribution in [2.24, 2.45) is 0 Å². The lowest BCUT2D eigenvalue weighted by molar-refractivity contribution is 0.0526. The van der Waals surface area contributed by atoms with E-state index in [1.165, 1.54) is 11.3 Å². The summed E-state index contributed by atoms with van der Waals surface area (Å²) in [5, 5.41) is 1.95. The van der Waals surface area contributed by atoms with Crippen LogP contribution in [-0.4, -0.2) is 22.1 Å². The minimum absolute atomic E-state index is 0.0705. The highest BCUT2D eigenvalue weighted by Crippen LogP contribution is 2.22. The highest BCUT2D eigenvalue weighted by atomic mass is 32.1. The molecule has 0 spiro atoms. The summed E-state index contributed by atoms with van der Waals surface area (Å²) < 4.78 is 7.25. The van der Waals surface area contributed by atoms with E-state index in [-0.39, 0.29) is 11.5 Å². The fourth-order valence-corrected chi connectivity index (χ4v) is 3.51. The predicted octanol–water partition coefficient (Wildman–Crippen LogP) is 3.49. The fraction of sp³-hybridized carbons (Fsp3) is 0.278. The Bertz CT molecular complexity index is 955. The van der Waals surface area contributed by atoms with Crippen molar-refractivity contribution in [3.63, 3.8) is 0 Å². The van der Waals surface area contributed by atoms with Gasteiger partial charge in [0.25, 0.3) is 5.56 Å². The van der Waals surface area contributed by atoms with Crippen LogP contribution in [0.1, 0.15) is 35.6 Å². The molecule has 0 aliphatic rings. The van der Waals surface area contributed by atoms with E-state index in [4.69, 9.17) is 4.74 Å². The van der Waals surface area contributed by atoms with Gasteiger partial charge in [0.2, 0.25) is 0 Å². The molecule has 6 heteroatoms. The maximum Gasteiger partial charge on any atom is 0.338 e. The second-order valence-electron chi connectivity index (χ2n) is 5.39. The molecule has 0 fully saturated rings. The van der Waals surface area contributed by atoms with E-state index in [1.807, 2.05) is 19.2 Å². The number of aryl methyl sites for hydroxylation is 2. The third-order valence-corrected chi connectivity index (χ3v) is 4.87. The lowest BCUT2D eigenvalue weighted by Crippen LogP contribution is -2.23. The van der Waals surface area contributed by atoms with Crippen molar-refractivity contribution in [2.75, 3.05) is 6.61 Å². The van der Waals surface area contributed by atoms with Crippen LogP contribution >= 0.6 is 11.3 Å². The van der Waals surface area contributed by atoms with Crippen molar-refractivity contribution < 1.29 is 9.53 Å². The zero-order valence-electron chi connectivity index (χ0n) is 13.8. The molecule has 2 heterocycles. The third-order valence-electron chi connectivity index (χ3n) is 3.79. The van der Waals surface area contributed by atoms with Gasteiger partial charge in [-0.25, -0.2) is 9.78 Å². The molecule has 0 saturated carbocycles. The Morgan fingerprint density at radius 1 is 1.25 bits per heavy atom. The van der Waals surface area contributed by atoms with E-state index < -0.39 is 0 Å². The van der Waals surface area contributed by atoms with Gasteiger partial charge in [0, 0.05) is 6.42 Å². The summed E-state index contributed by atoms with van der Waals surface area (Å²) in [7, 11) is 0. The molecule has 5 nitrogen and oxygen atoms in total. The van der Waals surface area contributed by atoms with Crippen molar-refractivity contribution in [1.82, 2.24) is 9.55 Å². The molecule has 124 valence electrons. The van der Waals surface area contributed by atoms with E-state index in [1.54, 1.807) is 35.8 Å². The number of aromatic nitrogens is 2. The van der Waals surface area contributed by atoms with E-state index in [0.29, 0.717) is 34.8 Å². The SMILES string of the molecule is CCOC(=O)c1ccc(-n2c(CC)nc3c(C)csc3c2=O)cc1. The maximum atomic E-state index is 12.9. The number of benzene rings is 1. The minimum atomic E-state index is -0.366. The van der Waals surface area contributed by atoms with Gasteiger partial charge in [-0.05, 0) is 49.1 Å². The molecule has 0 aliphatic carbocycles. The van der Waals surface area contributed by atoms with Crippen LogP contribution in [0.15, 0.2) is 34.4 Å². The van der Waals surface area contributed by atoms with Crippen LogP contribution in [0.5, 0.6) is 0 Å². The van der Waals surface area contributed by atoms with Gasteiger partial charge in [-0.3, -0.25) is 9.36 Å². The third kappa shape index (κ3) is 2.73. The van der Waals surface area contributed by atoms with Gasteiger partial charge < -0.3 is 4.74 Å². The first-order chi connectivity index (χ1) is 11.6. The quantitative estimate of drug-likeness (QED) is 0.681. The van der Waals surface area contributed by atoms with E-state index in [2.05, 4.69) is 4.98 Å². The Morgan fingerprint density at radius 3 is 2.58 bits per heavy atom. The Kier molecular flexibility index (Phi) is 4.49. The van der Waals surface area contributed by atoms with Gasteiger partial charge in [0.1, 0.15) is 10.5 Å². The Labute approximate surface area is 143 Å². The Balaban J connectivity index is 2.13. The number of carbonyl (C=O) groups is 1. The van der Waals surface area contributed by atoms with Crippen molar-refractivity contribution in [3.8, 4) is 5.69 Å². The highest BCUT2D eigenvalue weighted by molar-refractivity contribution is 7.17. The standard InChI is InChI=1S/C18H18N2O3S/c1-4-14-19-15-11(3)10-24-16(15)17(21)20(14)13-8-6-12(7-9-13)18(22)23-5-2/h6-10H,4-5H2,1-3H3. The summed E-state index contributed by atoms with van der Waals surface area (Å²) in [5.74, 6) is 0.340. The highest BCUT2D eigenvalue weighted by Gasteiger charge is 2.15. The average Bonchev–Trinajstić information content (AvgIpc) is 2.96. The largest absolute Gasteiger partial charge is 0.462 e. The number of hydrogen-bond acceptors (Lipinski definition) is 5. The van der Waals surface area contributed by atoms with Crippen LogP contribution < -0.4 is 5.56 Å². The molecule has 0 N–H and O–H groups in total. The normalized spacial score (nSPS) is 11.0. The first kappa shape index (κ1) is 16.4. The molecule has 0 amide bonds. The lowest BCUT2D eigenvalue weighted by Gasteiger charge is -2.12. The van der Waals surface area contributed by atoms with Crippen LogP contribution in [0, 0.1) is 6.92 Å².